The molecular formula is C22H39N5O4. The van der Waals surface area contributed by atoms with Crippen molar-refractivity contribution in [2.75, 3.05) is 6.54 Å². The maximum Gasteiger partial charge on any atom is 0.328 e. The Bertz CT molecular complexity index is 640. The summed E-state index contributed by atoms with van der Waals surface area (Å²) in [5.74, 6) is -1.63. The molecule has 0 saturated heterocycles. The summed E-state index contributed by atoms with van der Waals surface area (Å²) in [6.45, 7) is 6.41. The molecular weight excluding hydrogens is 398 g/mol. The highest BCUT2D eigenvalue weighted by molar-refractivity contribution is 5.93. The third-order valence-corrected chi connectivity index (χ3v) is 4.35. The number of aliphatic carboxylic acids is 1. The molecule has 176 valence electrons. The minimum absolute atomic E-state index is 0.0240. The molecule has 0 rings (SSSR count). The molecule has 0 aliphatic heterocycles. The Morgan fingerprint density at radius 1 is 1.06 bits per heavy atom. The van der Waals surface area contributed by atoms with E-state index >= 15 is 0 Å². The van der Waals surface area contributed by atoms with Crippen LogP contribution < -0.4 is 22.1 Å². The van der Waals surface area contributed by atoms with Crippen LogP contribution in [0.3, 0.4) is 0 Å². The third-order valence-electron chi connectivity index (χ3n) is 4.35. The lowest BCUT2D eigenvalue weighted by atomic mass is 10.0. The quantitative estimate of drug-likeness (QED) is 0.107. The van der Waals surface area contributed by atoms with Crippen molar-refractivity contribution in [3.8, 4) is 0 Å². The van der Waals surface area contributed by atoms with Gasteiger partial charge in [0, 0.05) is 18.7 Å². The number of rotatable bonds is 16. The van der Waals surface area contributed by atoms with E-state index in [1.807, 2.05) is 19.9 Å². The molecule has 2 atom stereocenters. The molecule has 9 nitrogen and oxygen atoms in total. The van der Waals surface area contributed by atoms with E-state index < -0.39 is 18.1 Å². The molecule has 0 aromatic heterocycles. The number of carboxylic acids is 1. The summed E-state index contributed by atoms with van der Waals surface area (Å²) in [7, 11) is 0. The van der Waals surface area contributed by atoms with Crippen LogP contribution in [0.1, 0.15) is 65.7 Å². The van der Waals surface area contributed by atoms with E-state index in [2.05, 4.69) is 22.5 Å². The van der Waals surface area contributed by atoms with Gasteiger partial charge in [0.25, 0.3) is 0 Å². The van der Waals surface area contributed by atoms with Gasteiger partial charge >= 0.3 is 5.97 Å². The van der Waals surface area contributed by atoms with Gasteiger partial charge in [-0.3, -0.25) is 14.6 Å². The highest BCUT2D eigenvalue weighted by atomic mass is 16.4. The van der Waals surface area contributed by atoms with Crippen LogP contribution in [0.25, 0.3) is 0 Å². The van der Waals surface area contributed by atoms with Crippen molar-refractivity contribution in [1.82, 2.24) is 10.6 Å². The molecule has 0 aliphatic carbocycles. The van der Waals surface area contributed by atoms with Gasteiger partial charge < -0.3 is 27.2 Å². The van der Waals surface area contributed by atoms with Crippen LogP contribution in [0.5, 0.6) is 0 Å². The zero-order chi connectivity index (χ0) is 23.6. The van der Waals surface area contributed by atoms with Crippen LogP contribution in [0.2, 0.25) is 0 Å². The van der Waals surface area contributed by atoms with Crippen molar-refractivity contribution in [3.63, 3.8) is 0 Å². The van der Waals surface area contributed by atoms with Crippen LogP contribution in [0.15, 0.2) is 29.3 Å². The lowest BCUT2D eigenvalue weighted by Gasteiger charge is -2.22. The number of carbonyl (C=O) groups is 3. The number of unbranched alkanes of at least 4 members (excludes halogenated alkanes) is 3. The molecule has 0 aromatic rings. The summed E-state index contributed by atoms with van der Waals surface area (Å²) in [4.78, 5) is 39.8. The molecule has 2 amide bonds. The zero-order valence-corrected chi connectivity index (χ0v) is 19.0. The molecule has 31 heavy (non-hydrogen) atoms. The molecule has 0 bridgehead atoms. The first kappa shape index (κ1) is 28.2. The van der Waals surface area contributed by atoms with E-state index in [0.29, 0.717) is 25.8 Å². The van der Waals surface area contributed by atoms with Gasteiger partial charge in [-0.25, -0.2) is 4.79 Å². The maximum absolute atomic E-state index is 12.8. The molecule has 0 aliphatic rings. The largest absolute Gasteiger partial charge is 0.478 e. The lowest BCUT2D eigenvalue weighted by molar-refractivity contribution is -0.131. The zero-order valence-electron chi connectivity index (χ0n) is 19.0. The van der Waals surface area contributed by atoms with E-state index in [1.165, 1.54) is 12.2 Å². The van der Waals surface area contributed by atoms with Crippen molar-refractivity contribution in [3.05, 3.63) is 24.3 Å². The third kappa shape index (κ3) is 16.6. The van der Waals surface area contributed by atoms with Gasteiger partial charge in [-0.05, 0) is 44.1 Å². The fourth-order valence-electron chi connectivity index (χ4n) is 2.84. The highest BCUT2D eigenvalue weighted by Crippen LogP contribution is 2.08. The molecule has 0 fully saturated rings. The lowest BCUT2D eigenvalue weighted by Crippen LogP contribution is -2.49. The van der Waals surface area contributed by atoms with Gasteiger partial charge in [-0.1, -0.05) is 45.8 Å². The van der Waals surface area contributed by atoms with E-state index in [1.54, 1.807) is 0 Å². The highest BCUT2D eigenvalue weighted by Gasteiger charge is 2.23. The first-order valence-electron chi connectivity index (χ1n) is 10.9. The molecule has 0 spiro atoms. The van der Waals surface area contributed by atoms with E-state index in [-0.39, 0.29) is 23.7 Å². The van der Waals surface area contributed by atoms with Crippen LogP contribution in [-0.2, 0) is 14.4 Å². The molecule has 0 radical (unpaired) electrons. The number of nitrogens with one attached hydrogen (secondary N) is 2. The molecule has 0 unspecified atom stereocenters. The molecule has 0 saturated carbocycles. The maximum atomic E-state index is 12.8. The van der Waals surface area contributed by atoms with Gasteiger partial charge in [0.2, 0.25) is 11.8 Å². The fraction of sp³-hybridized carbons (Fsp3) is 0.636. The van der Waals surface area contributed by atoms with Crippen molar-refractivity contribution in [1.29, 1.82) is 0 Å². The van der Waals surface area contributed by atoms with Gasteiger partial charge in [0.1, 0.15) is 6.04 Å². The van der Waals surface area contributed by atoms with Gasteiger partial charge in [0.05, 0.1) is 0 Å². The monoisotopic (exact) mass is 437 g/mol. The SMILES string of the molecule is CCCCC/C=C/C(=O)N[C@@H](CC(C)C)C(=O)N[C@H](/C=C/C(=O)O)CCCN=C(N)N. The average molecular weight is 438 g/mol. The van der Waals surface area contributed by atoms with Crippen molar-refractivity contribution >= 4 is 23.7 Å². The first-order chi connectivity index (χ1) is 14.6. The van der Waals surface area contributed by atoms with E-state index in [9.17, 15) is 14.4 Å². The average Bonchev–Trinajstić information content (AvgIpc) is 2.67. The summed E-state index contributed by atoms with van der Waals surface area (Å²) >= 11 is 0. The molecule has 7 N–H and O–H groups in total. The van der Waals surface area contributed by atoms with Gasteiger partial charge in [0.15, 0.2) is 5.96 Å². The molecule has 0 aromatic carbocycles. The van der Waals surface area contributed by atoms with Gasteiger partial charge in [-0.15, -0.1) is 0 Å². The number of allylic oxidation sites excluding steroid dienone is 1. The topological polar surface area (TPSA) is 160 Å². The Morgan fingerprint density at radius 2 is 1.77 bits per heavy atom. The van der Waals surface area contributed by atoms with Crippen molar-refractivity contribution in [2.24, 2.45) is 22.4 Å². The Labute approximate surface area is 185 Å². The summed E-state index contributed by atoms with van der Waals surface area (Å²) in [5.41, 5.74) is 10.6. The number of hydrogen-bond acceptors (Lipinski definition) is 4. The van der Waals surface area contributed by atoms with Crippen LogP contribution in [0.4, 0.5) is 0 Å². The second-order valence-electron chi connectivity index (χ2n) is 7.85. The summed E-state index contributed by atoms with van der Waals surface area (Å²) in [6.07, 6.45) is 11.2. The molecule has 0 heterocycles. The minimum Gasteiger partial charge on any atom is -0.478 e. The standard InChI is InChI=1S/C22H39N5O4/c1-4-5-6-7-8-11-19(28)27-18(15-16(2)3)21(31)26-17(12-13-20(29)30)10-9-14-25-22(23)24/h8,11-13,16-18H,4-7,9-10,14-15H2,1-3H3,(H,26,31)(H,27,28)(H,29,30)(H4,23,24,25)/b11-8+,13-12+/t17-,18-/m0/s1. The Kier molecular flexibility index (Phi) is 15.4. The summed E-state index contributed by atoms with van der Waals surface area (Å²) < 4.78 is 0. The number of nitrogens with zero attached hydrogens (tertiary/aromatic N) is 1. The summed E-state index contributed by atoms with van der Waals surface area (Å²) in [6, 6.07) is -1.24. The second-order valence-corrected chi connectivity index (χ2v) is 7.85. The van der Waals surface area contributed by atoms with Crippen LogP contribution in [0, 0.1) is 5.92 Å². The van der Waals surface area contributed by atoms with Crippen molar-refractivity contribution in [2.45, 2.75) is 77.8 Å². The number of guanidine groups is 1. The number of hydrogen-bond donors (Lipinski definition) is 5. The molecule has 9 heteroatoms. The Hall–Kier alpha value is -2.84. The van der Waals surface area contributed by atoms with Crippen molar-refractivity contribution < 1.29 is 19.5 Å². The number of carbonyl (C=O) groups excluding carboxylic acids is 2. The van der Waals surface area contributed by atoms with Gasteiger partial charge in [-0.2, -0.15) is 0 Å². The Morgan fingerprint density at radius 3 is 2.35 bits per heavy atom. The van der Waals surface area contributed by atoms with E-state index in [4.69, 9.17) is 16.6 Å². The smallest absolute Gasteiger partial charge is 0.328 e. The normalized spacial score (nSPS) is 13.3. The van der Waals surface area contributed by atoms with Crippen LogP contribution in [-0.4, -0.2) is 47.5 Å². The van der Waals surface area contributed by atoms with E-state index in [0.717, 1.165) is 31.8 Å². The number of amides is 2. The predicted octanol–water partition coefficient (Wildman–Crippen LogP) is 1.83. The number of aliphatic imine (C=N–C) groups is 1. The minimum atomic E-state index is -1.11. The fourth-order valence-corrected chi connectivity index (χ4v) is 2.84. The second kappa shape index (κ2) is 16.9. The number of carboxylic acid groups (broad SMARTS) is 1. The first-order valence-corrected chi connectivity index (χ1v) is 10.9. The number of nitrogens with two attached hydrogens (primary N) is 2. The van der Waals surface area contributed by atoms with Crippen LogP contribution >= 0.6 is 0 Å². The predicted molar refractivity (Wildman–Crippen MR) is 123 cm³/mol. The summed E-state index contributed by atoms with van der Waals surface area (Å²) in [5, 5.41) is 14.5. The Balaban J connectivity index is 5.03.